The summed E-state index contributed by atoms with van der Waals surface area (Å²) in [4.78, 5) is 11.8. The van der Waals surface area contributed by atoms with Gasteiger partial charge in [-0.3, -0.25) is 4.79 Å². The van der Waals surface area contributed by atoms with Crippen LogP contribution in [0.4, 0.5) is 0 Å². The molecule has 2 aliphatic carbocycles. The molecule has 0 radical (unpaired) electrons. The summed E-state index contributed by atoms with van der Waals surface area (Å²) in [7, 11) is 0. The fourth-order valence-corrected chi connectivity index (χ4v) is 2.66. The predicted molar refractivity (Wildman–Crippen MR) is 67.5 cm³/mol. The van der Waals surface area contributed by atoms with E-state index in [4.69, 9.17) is 5.73 Å². The summed E-state index contributed by atoms with van der Waals surface area (Å²) in [6, 6.07) is 0.250. The van der Waals surface area contributed by atoms with Crippen LogP contribution in [-0.4, -0.2) is 18.5 Å². The predicted octanol–water partition coefficient (Wildman–Crippen LogP) is 1.84. The smallest absolute Gasteiger partial charge is 0.223 e. The van der Waals surface area contributed by atoms with Gasteiger partial charge in [0, 0.05) is 18.5 Å². The van der Waals surface area contributed by atoms with Gasteiger partial charge in [0.2, 0.25) is 5.91 Å². The maximum Gasteiger partial charge on any atom is 0.223 e. The second-order valence-electron chi connectivity index (χ2n) is 5.65. The molecule has 0 saturated heterocycles. The minimum atomic E-state index is 0. The van der Waals surface area contributed by atoms with E-state index in [9.17, 15) is 4.79 Å². The van der Waals surface area contributed by atoms with Gasteiger partial charge in [-0.2, -0.15) is 0 Å². The third-order valence-electron chi connectivity index (χ3n) is 4.09. The SMILES string of the molecule is CC1(CNC(=O)C2CCC(N)C2)CCC1.Cl. The number of carbonyl (C=O) groups is 1. The Kier molecular flexibility index (Phi) is 4.62. The van der Waals surface area contributed by atoms with Crippen molar-refractivity contribution in [1.29, 1.82) is 0 Å². The third kappa shape index (κ3) is 3.11. The molecule has 0 aliphatic heterocycles. The highest BCUT2D eigenvalue weighted by Gasteiger charge is 2.33. The molecule has 0 aromatic carbocycles. The van der Waals surface area contributed by atoms with Crippen LogP contribution in [0.1, 0.15) is 45.4 Å². The monoisotopic (exact) mass is 246 g/mol. The van der Waals surface area contributed by atoms with Crippen LogP contribution in [0, 0.1) is 11.3 Å². The molecule has 2 aliphatic rings. The van der Waals surface area contributed by atoms with Crippen molar-refractivity contribution in [3.05, 3.63) is 0 Å². The van der Waals surface area contributed by atoms with Gasteiger partial charge < -0.3 is 11.1 Å². The number of carbonyl (C=O) groups excluding carboxylic acids is 1. The topological polar surface area (TPSA) is 55.1 Å². The fraction of sp³-hybridized carbons (Fsp3) is 0.917. The normalized spacial score (nSPS) is 31.4. The lowest BCUT2D eigenvalue weighted by atomic mass is 9.70. The second kappa shape index (κ2) is 5.37. The Hall–Kier alpha value is -0.280. The van der Waals surface area contributed by atoms with Crippen molar-refractivity contribution in [2.75, 3.05) is 6.54 Å². The highest BCUT2D eigenvalue weighted by Crippen LogP contribution is 2.39. The van der Waals surface area contributed by atoms with Gasteiger partial charge >= 0.3 is 0 Å². The number of hydrogen-bond acceptors (Lipinski definition) is 2. The van der Waals surface area contributed by atoms with Crippen LogP contribution in [0.3, 0.4) is 0 Å². The maximum absolute atomic E-state index is 11.8. The Morgan fingerprint density at radius 2 is 2.12 bits per heavy atom. The van der Waals surface area contributed by atoms with Crippen LogP contribution in [0.5, 0.6) is 0 Å². The van der Waals surface area contributed by atoms with Gasteiger partial charge in [0.25, 0.3) is 0 Å². The zero-order valence-electron chi connectivity index (χ0n) is 10.00. The van der Waals surface area contributed by atoms with Gasteiger partial charge in [0.1, 0.15) is 0 Å². The lowest BCUT2D eigenvalue weighted by Gasteiger charge is -2.38. The minimum absolute atomic E-state index is 0. The standard InChI is InChI=1S/C12H22N2O.ClH/c1-12(5-2-6-12)8-14-11(15)9-3-4-10(13)7-9;/h9-10H,2-8,13H2,1H3,(H,14,15);1H. The minimum Gasteiger partial charge on any atom is -0.355 e. The number of nitrogens with one attached hydrogen (secondary N) is 1. The van der Waals surface area contributed by atoms with Crippen molar-refractivity contribution in [2.24, 2.45) is 17.1 Å². The summed E-state index contributed by atoms with van der Waals surface area (Å²) in [5, 5.41) is 3.09. The van der Waals surface area contributed by atoms with E-state index in [2.05, 4.69) is 12.2 Å². The van der Waals surface area contributed by atoms with Crippen molar-refractivity contribution in [1.82, 2.24) is 5.32 Å². The molecule has 2 saturated carbocycles. The Morgan fingerprint density at radius 3 is 2.56 bits per heavy atom. The summed E-state index contributed by atoms with van der Waals surface area (Å²) in [5.74, 6) is 0.416. The number of nitrogens with two attached hydrogens (primary N) is 1. The molecule has 0 spiro atoms. The van der Waals surface area contributed by atoms with E-state index in [0.29, 0.717) is 5.41 Å². The third-order valence-corrected chi connectivity index (χ3v) is 4.09. The van der Waals surface area contributed by atoms with E-state index < -0.39 is 0 Å². The van der Waals surface area contributed by atoms with E-state index in [1.54, 1.807) is 0 Å². The van der Waals surface area contributed by atoms with Gasteiger partial charge in [0.15, 0.2) is 0 Å². The summed E-state index contributed by atoms with van der Waals surface area (Å²) in [6.07, 6.45) is 6.71. The molecule has 94 valence electrons. The molecule has 3 N–H and O–H groups in total. The Bertz CT molecular complexity index is 253. The van der Waals surface area contributed by atoms with Crippen LogP contribution in [0.2, 0.25) is 0 Å². The quantitative estimate of drug-likeness (QED) is 0.799. The van der Waals surface area contributed by atoms with Crippen LogP contribution >= 0.6 is 12.4 Å². The summed E-state index contributed by atoms with van der Waals surface area (Å²) >= 11 is 0. The Morgan fingerprint density at radius 1 is 1.44 bits per heavy atom. The molecule has 0 aromatic heterocycles. The molecule has 2 atom stereocenters. The lowest BCUT2D eigenvalue weighted by molar-refractivity contribution is -0.125. The van der Waals surface area contributed by atoms with Crippen molar-refractivity contribution in [2.45, 2.75) is 51.5 Å². The van der Waals surface area contributed by atoms with E-state index in [0.717, 1.165) is 25.8 Å². The average Bonchev–Trinajstić information content (AvgIpc) is 2.58. The molecule has 1 amide bonds. The number of amides is 1. The van der Waals surface area contributed by atoms with Gasteiger partial charge in [-0.25, -0.2) is 0 Å². The molecule has 0 bridgehead atoms. The maximum atomic E-state index is 11.8. The van der Waals surface area contributed by atoms with Crippen molar-refractivity contribution in [3.63, 3.8) is 0 Å². The van der Waals surface area contributed by atoms with Gasteiger partial charge in [-0.05, 0) is 37.5 Å². The molecule has 4 heteroatoms. The van der Waals surface area contributed by atoms with Gasteiger partial charge in [-0.15, -0.1) is 12.4 Å². The summed E-state index contributed by atoms with van der Waals surface area (Å²) < 4.78 is 0. The largest absolute Gasteiger partial charge is 0.355 e. The Balaban J connectivity index is 0.00000128. The first-order valence-electron chi connectivity index (χ1n) is 6.12. The molecule has 2 rings (SSSR count). The molecule has 2 unspecified atom stereocenters. The van der Waals surface area contributed by atoms with Crippen molar-refractivity contribution >= 4 is 18.3 Å². The number of halogens is 1. The Labute approximate surface area is 104 Å². The first-order valence-corrected chi connectivity index (χ1v) is 6.12. The first kappa shape index (κ1) is 13.8. The summed E-state index contributed by atoms with van der Waals surface area (Å²) in [5.41, 5.74) is 6.19. The summed E-state index contributed by atoms with van der Waals surface area (Å²) in [6.45, 7) is 3.12. The van der Waals surface area contributed by atoms with E-state index in [-0.39, 0.29) is 30.3 Å². The zero-order chi connectivity index (χ0) is 10.9. The van der Waals surface area contributed by atoms with Gasteiger partial charge in [0.05, 0.1) is 0 Å². The molecular weight excluding hydrogens is 224 g/mol. The molecule has 16 heavy (non-hydrogen) atoms. The molecular formula is C12H23ClN2O. The van der Waals surface area contributed by atoms with E-state index >= 15 is 0 Å². The van der Waals surface area contributed by atoms with Crippen molar-refractivity contribution < 1.29 is 4.79 Å². The first-order chi connectivity index (χ1) is 7.09. The van der Waals surface area contributed by atoms with Crippen molar-refractivity contribution in [3.8, 4) is 0 Å². The highest BCUT2D eigenvalue weighted by atomic mass is 35.5. The second-order valence-corrected chi connectivity index (χ2v) is 5.65. The molecule has 0 heterocycles. The van der Waals surface area contributed by atoms with Crippen LogP contribution in [-0.2, 0) is 4.79 Å². The van der Waals surface area contributed by atoms with E-state index in [1.165, 1.54) is 19.3 Å². The van der Waals surface area contributed by atoms with Crippen LogP contribution in [0.25, 0.3) is 0 Å². The fourth-order valence-electron chi connectivity index (χ4n) is 2.66. The lowest BCUT2D eigenvalue weighted by Crippen LogP contribution is -2.42. The highest BCUT2D eigenvalue weighted by molar-refractivity contribution is 5.85. The van der Waals surface area contributed by atoms with Gasteiger partial charge in [-0.1, -0.05) is 13.3 Å². The zero-order valence-corrected chi connectivity index (χ0v) is 10.8. The molecule has 2 fully saturated rings. The molecule has 3 nitrogen and oxygen atoms in total. The van der Waals surface area contributed by atoms with Crippen LogP contribution < -0.4 is 11.1 Å². The molecule has 0 aromatic rings. The van der Waals surface area contributed by atoms with E-state index in [1.807, 2.05) is 0 Å². The number of hydrogen-bond donors (Lipinski definition) is 2. The van der Waals surface area contributed by atoms with Crippen LogP contribution in [0.15, 0.2) is 0 Å². The number of rotatable bonds is 3. The average molecular weight is 247 g/mol.